The summed E-state index contributed by atoms with van der Waals surface area (Å²) < 4.78 is 0. The van der Waals surface area contributed by atoms with Gasteiger partial charge >= 0.3 is 0 Å². The van der Waals surface area contributed by atoms with E-state index in [1.54, 1.807) is 11.3 Å². The molecule has 1 amide bonds. The van der Waals surface area contributed by atoms with Crippen LogP contribution in [0.3, 0.4) is 0 Å². The van der Waals surface area contributed by atoms with Gasteiger partial charge in [-0.05, 0) is 50.9 Å². The summed E-state index contributed by atoms with van der Waals surface area (Å²) in [6.07, 6.45) is 0. The standard InChI is InChI=1S/C18H17NOS2/c1-13(11-19-18(20)17-3-2-9-22-17)14-4-6-15(7-5-14)16-8-10-21-12-16/h2-10,12-13H,11H2,1H3,(H,19,20). The summed E-state index contributed by atoms with van der Waals surface area (Å²) in [5.41, 5.74) is 3.74. The Hall–Kier alpha value is -1.91. The second-order valence-electron chi connectivity index (χ2n) is 5.22. The Bertz CT molecular complexity index is 715. The normalized spacial score (nSPS) is 12.0. The highest BCUT2D eigenvalue weighted by Gasteiger charge is 2.10. The fourth-order valence-electron chi connectivity index (χ4n) is 2.29. The molecule has 0 aliphatic heterocycles. The Balaban J connectivity index is 1.60. The fourth-order valence-corrected chi connectivity index (χ4v) is 3.60. The third-order valence-electron chi connectivity index (χ3n) is 3.65. The van der Waals surface area contributed by atoms with E-state index >= 15 is 0 Å². The number of carbonyl (C=O) groups is 1. The maximum absolute atomic E-state index is 12.0. The molecule has 0 spiro atoms. The van der Waals surface area contributed by atoms with Crippen molar-refractivity contribution in [2.24, 2.45) is 0 Å². The highest BCUT2D eigenvalue weighted by Crippen LogP contribution is 2.24. The number of benzene rings is 1. The Morgan fingerprint density at radius 1 is 1.09 bits per heavy atom. The van der Waals surface area contributed by atoms with E-state index in [2.05, 4.69) is 53.3 Å². The van der Waals surface area contributed by atoms with Gasteiger partial charge in [0.1, 0.15) is 0 Å². The minimum absolute atomic E-state index is 0.0109. The Morgan fingerprint density at radius 3 is 2.55 bits per heavy atom. The van der Waals surface area contributed by atoms with Gasteiger partial charge in [-0.1, -0.05) is 37.3 Å². The third-order valence-corrected chi connectivity index (χ3v) is 5.20. The Labute approximate surface area is 138 Å². The molecule has 2 heterocycles. The number of thiophene rings is 2. The molecule has 1 aromatic carbocycles. The van der Waals surface area contributed by atoms with Gasteiger partial charge in [0.15, 0.2) is 0 Å². The van der Waals surface area contributed by atoms with Crippen LogP contribution in [0.15, 0.2) is 58.6 Å². The van der Waals surface area contributed by atoms with E-state index in [0.717, 1.165) is 4.88 Å². The van der Waals surface area contributed by atoms with Gasteiger partial charge < -0.3 is 5.32 Å². The van der Waals surface area contributed by atoms with E-state index in [9.17, 15) is 4.79 Å². The van der Waals surface area contributed by atoms with Crippen LogP contribution in [0.1, 0.15) is 28.1 Å². The molecule has 1 N–H and O–H groups in total. The first kappa shape index (κ1) is 15.0. The third kappa shape index (κ3) is 3.46. The molecule has 2 aromatic heterocycles. The van der Waals surface area contributed by atoms with Gasteiger partial charge in [0.25, 0.3) is 5.91 Å². The lowest BCUT2D eigenvalue weighted by Gasteiger charge is -2.13. The van der Waals surface area contributed by atoms with Crippen LogP contribution in [-0.4, -0.2) is 12.5 Å². The maximum Gasteiger partial charge on any atom is 0.261 e. The van der Waals surface area contributed by atoms with Crippen molar-refractivity contribution in [2.45, 2.75) is 12.8 Å². The zero-order valence-corrected chi connectivity index (χ0v) is 13.9. The predicted octanol–water partition coefficient (Wildman–Crippen LogP) is 5.01. The Morgan fingerprint density at radius 2 is 1.91 bits per heavy atom. The van der Waals surface area contributed by atoms with Crippen LogP contribution >= 0.6 is 22.7 Å². The monoisotopic (exact) mass is 327 g/mol. The molecule has 3 rings (SSSR count). The molecule has 22 heavy (non-hydrogen) atoms. The van der Waals surface area contributed by atoms with Crippen molar-refractivity contribution in [1.29, 1.82) is 0 Å². The average molecular weight is 327 g/mol. The quantitative estimate of drug-likeness (QED) is 0.701. The molecule has 2 nitrogen and oxygen atoms in total. The lowest BCUT2D eigenvalue weighted by Crippen LogP contribution is -2.26. The number of hydrogen-bond donors (Lipinski definition) is 1. The van der Waals surface area contributed by atoms with Crippen molar-refractivity contribution < 1.29 is 4.79 Å². The van der Waals surface area contributed by atoms with Gasteiger partial charge in [-0.15, -0.1) is 11.3 Å². The summed E-state index contributed by atoms with van der Waals surface area (Å²) in [6, 6.07) is 14.5. The highest BCUT2D eigenvalue weighted by atomic mass is 32.1. The molecular weight excluding hydrogens is 310 g/mol. The number of amides is 1. The summed E-state index contributed by atoms with van der Waals surface area (Å²) in [4.78, 5) is 12.7. The first-order valence-corrected chi connectivity index (χ1v) is 9.00. The zero-order valence-electron chi connectivity index (χ0n) is 12.3. The van der Waals surface area contributed by atoms with Gasteiger partial charge in [0.2, 0.25) is 0 Å². The van der Waals surface area contributed by atoms with Crippen LogP contribution in [0.2, 0.25) is 0 Å². The second-order valence-corrected chi connectivity index (χ2v) is 6.95. The van der Waals surface area contributed by atoms with E-state index in [0.29, 0.717) is 12.5 Å². The van der Waals surface area contributed by atoms with Crippen LogP contribution in [0.4, 0.5) is 0 Å². The summed E-state index contributed by atoms with van der Waals surface area (Å²) in [6.45, 7) is 2.78. The van der Waals surface area contributed by atoms with Crippen LogP contribution in [0, 0.1) is 0 Å². The highest BCUT2D eigenvalue weighted by molar-refractivity contribution is 7.12. The molecule has 3 aromatic rings. The van der Waals surface area contributed by atoms with Crippen LogP contribution in [0.5, 0.6) is 0 Å². The molecule has 0 saturated heterocycles. The number of hydrogen-bond acceptors (Lipinski definition) is 3. The first-order valence-electron chi connectivity index (χ1n) is 7.18. The lowest BCUT2D eigenvalue weighted by atomic mass is 9.98. The molecule has 0 aliphatic rings. The van der Waals surface area contributed by atoms with Gasteiger partial charge in [-0.2, -0.15) is 11.3 Å². The molecule has 4 heteroatoms. The molecule has 0 saturated carbocycles. The average Bonchev–Trinajstić information content (AvgIpc) is 3.25. The van der Waals surface area contributed by atoms with E-state index in [1.807, 2.05) is 17.5 Å². The predicted molar refractivity (Wildman–Crippen MR) is 94.8 cm³/mol. The van der Waals surface area contributed by atoms with Gasteiger partial charge in [-0.25, -0.2) is 0 Å². The van der Waals surface area contributed by atoms with E-state index in [4.69, 9.17) is 0 Å². The van der Waals surface area contributed by atoms with Crippen LogP contribution in [0.25, 0.3) is 11.1 Å². The topological polar surface area (TPSA) is 29.1 Å². The van der Waals surface area contributed by atoms with Gasteiger partial charge in [-0.3, -0.25) is 4.79 Å². The van der Waals surface area contributed by atoms with Gasteiger partial charge in [0, 0.05) is 6.54 Å². The molecular formula is C18H17NOS2. The molecule has 112 valence electrons. The minimum Gasteiger partial charge on any atom is -0.351 e. The number of nitrogens with one attached hydrogen (secondary N) is 1. The van der Waals surface area contributed by atoms with Crippen molar-refractivity contribution in [3.05, 3.63) is 69.0 Å². The fraction of sp³-hybridized carbons (Fsp3) is 0.167. The summed E-state index contributed by atoms with van der Waals surface area (Å²) in [7, 11) is 0. The van der Waals surface area contributed by atoms with Crippen LogP contribution < -0.4 is 5.32 Å². The summed E-state index contributed by atoms with van der Waals surface area (Å²) in [5, 5.41) is 9.16. The maximum atomic E-state index is 12.0. The molecule has 0 fully saturated rings. The smallest absolute Gasteiger partial charge is 0.261 e. The van der Waals surface area contributed by atoms with Crippen molar-refractivity contribution in [1.82, 2.24) is 5.32 Å². The summed E-state index contributed by atoms with van der Waals surface area (Å²) in [5.74, 6) is 0.303. The largest absolute Gasteiger partial charge is 0.351 e. The van der Waals surface area contributed by atoms with E-state index < -0.39 is 0 Å². The van der Waals surface area contributed by atoms with Gasteiger partial charge in [0.05, 0.1) is 4.88 Å². The van der Waals surface area contributed by atoms with Crippen molar-refractivity contribution in [3.8, 4) is 11.1 Å². The SMILES string of the molecule is CC(CNC(=O)c1cccs1)c1ccc(-c2ccsc2)cc1. The van der Waals surface area contributed by atoms with E-state index in [1.165, 1.54) is 28.0 Å². The molecule has 1 atom stereocenters. The minimum atomic E-state index is 0.0109. The molecule has 1 unspecified atom stereocenters. The molecule has 0 aliphatic carbocycles. The van der Waals surface area contributed by atoms with Crippen molar-refractivity contribution >= 4 is 28.6 Å². The van der Waals surface area contributed by atoms with Crippen LogP contribution in [-0.2, 0) is 0 Å². The van der Waals surface area contributed by atoms with Crippen molar-refractivity contribution in [3.63, 3.8) is 0 Å². The molecule has 0 bridgehead atoms. The zero-order chi connectivity index (χ0) is 15.4. The first-order chi connectivity index (χ1) is 10.7. The molecule has 0 radical (unpaired) electrons. The van der Waals surface area contributed by atoms with E-state index in [-0.39, 0.29) is 5.91 Å². The number of rotatable bonds is 5. The number of carbonyl (C=O) groups excluding carboxylic acids is 1. The second kappa shape index (κ2) is 6.90. The van der Waals surface area contributed by atoms with Crippen molar-refractivity contribution in [2.75, 3.05) is 6.54 Å². The lowest BCUT2D eigenvalue weighted by molar-refractivity contribution is 0.0955. The summed E-state index contributed by atoms with van der Waals surface area (Å²) >= 11 is 3.18. The Kier molecular flexibility index (Phi) is 4.71.